The van der Waals surface area contributed by atoms with E-state index in [4.69, 9.17) is 0 Å². The highest BCUT2D eigenvalue weighted by atomic mass is 32.2. The van der Waals surface area contributed by atoms with Gasteiger partial charge in [0.15, 0.2) is 5.03 Å². The molecule has 0 radical (unpaired) electrons. The van der Waals surface area contributed by atoms with E-state index < -0.39 is 10.1 Å². The van der Waals surface area contributed by atoms with Crippen LogP contribution in [-0.4, -0.2) is 20.5 Å². The van der Waals surface area contributed by atoms with Gasteiger partial charge in [0.2, 0.25) is 0 Å². The number of fused-ring (bicyclic) bond motifs is 1. The fourth-order valence-electron chi connectivity index (χ4n) is 1.37. The summed E-state index contributed by atoms with van der Waals surface area (Å²) in [7, 11) is -2.61. The minimum Gasteiger partial charge on any atom is -0.269 e. The molecule has 0 aliphatic carbocycles. The van der Waals surface area contributed by atoms with Crippen molar-refractivity contribution in [1.29, 1.82) is 0 Å². The predicted molar refractivity (Wildman–Crippen MR) is 55.9 cm³/mol. The molecule has 4 nitrogen and oxygen atoms in total. The summed E-state index contributed by atoms with van der Waals surface area (Å²) in [5.41, 5.74) is 0. The zero-order valence-electron chi connectivity index (χ0n) is 8.04. The average molecular weight is 223 g/mol. The zero-order chi connectivity index (χ0) is 10.9. The van der Waals surface area contributed by atoms with E-state index in [0.29, 0.717) is 5.39 Å². The summed E-state index contributed by atoms with van der Waals surface area (Å²) in [4.78, 5) is 3.84. The van der Waals surface area contributed by atoms with Gasteiger partial charge in [0.25, 0.3) is 0 Å². The Hall–Kier alpha value is -1.46. The van der Waals surface area contributed by atoms with E-state index in [1.807, 2.05) is 12.1 Å². The summed E-state index contributed by atoms with van der Waals surface area (Å²) in [6.07, 6.45) is 1.45. The number of aromatic nitrogens is 1. The average Bonchev–Trinajstić information content (AvgIpc) is 2.28. The van der Waals surface area contributed by atoms with Crippen LogP contribution in [-0.2, 0) is 14.3 Å². The van der Waals surface area contributed by atoms with Gasteiger partial charge in [-0.2, -0.15) is 8.42 Å². The summed E-state index contributed by atoms with van der Waals surface area (Å²) in [5, 5.41) is 1.35. The molecule has 0 saturated carbocycles. The van der Waals surface area contributed by atoms with Crippen LogP contribution >= 0.6 is 0 Å². The normalized spacial score (nSPS) is 11.8. The molecule has 2 aromatic rings. The maximum absolute atomic E-state index is 11.5. The Morgan fingerprint density at radius 1 is 1.20 bits per heavy atom. The fourth-order valence-corrected chi connectivity index (χ4v) is 2.17. The Bertz CT molecular complexity index is 587. The summed E-state index contributed by atoms with van der Waals surface area (Å²) >= 11 is 0. The van der Waals surface area contributed by atoms with Gasteiger partial charge in [0.1, 0.15) is 0 Å². The lowest BCUT2D eigenvalue weighted by Crippen LogP contribution is -2.05. The number of rotatable bonds is 2. The number of pyridine rings is 1. The molecule has 0 fully saturated rings. The number of nitrogens with zero attached hydrogens (tertiary/aromatic N) is 1. The van der Waals surface area contributed by atoms with Crippen LogP contribution in [0.5, 0.6) is 0 Å². The summed E-state index contributed by atoms with van der Waals surface area (Å²) in [5.74, 6) is 0. The molecule has 0 bridgehead atoms. The van der Waals surface area contributed by atoms with Crippen molar-refractivity contribution in [3.63, 3.8) is 0 Å². The molecule has 2 rings (SSSR count). The lowest BCUT2D eigenvalue weighted by Gasteiger charge is -2.04. The minimum atomic E-state index is -3.74. The molecule has 78 valence electrons. The van der Waals surface area contributed by atoms with Gasteiger partial charge in [-0.25, -0.2) is 4.98 Å². The third-order valence-corrected chi connectivity index (χ3v) is 3.33. The third-order valence-electron chi connectivity index (χ3n) is 2.09. The van der Waals surface area contributed by atoms with Crippen LogP contribution in [0.3, 0.4) is 0 Å². The lowest BCUT2D eigenvalue weighted by atomic mass is 10.2. The van der Waals surface area contributed by atoms with Crippen LogP contribution in [0, 0.1) is 0 Å². The second-order valence-corrected chi connectivity index (χ2v) is 4.59. The lowest BCUT2D eigenvalue weighted by molar-refractivity contribution is 0.396. The highest BCUT2D eigenvalue weighted by Gasteiger charge is 2.17. The van der Waals surface area contributed by atoms with Crippen molar-refractivity contribution in [2.45, 2.75) is 5.03 Å². The topological polar surface area (TPSA) is 56.3 Å². The van der Waals surface area contributed by atoms with Crippen LogP contribution in [0.1, 0.15) is 0 Å². The van der Waals surface area contributed by atoms with E-state index in [9.17, 15) is 8.42 Å². The second kappa shape index (κ2) is 3.60. The van der Waals surface area contributed by atoms with Crippen molar-refractivity contribution in [2.75, 3.05) is 7.11 Å². The van der Waals surface area contributed by atoms with Crippen molar-refractivity contribution in [3.05, 3.63) is 36.5 Å². The van der Waals surface area contributed by atoms with Crippen molar-refractivity contribution in [2.24, 2.45) is 0 Å². The number of hydrogen-bond donors (Lipinski definition) is 0. The van der Waals surface area contributed by atoms with Gasteiger partial charge >= 0.3 is 10.1 Å². The van der Waals surface area contributed by atoms with Gasteiger partial charge in [-0.1, -0.05) is 24.3 Å². The zero-order valence-corrected chi connectivity index (χ0v) is 8.86. The van der Waals surface area contributed by atoms with Gasteiger partial charge in [-0.05, 0) is 11.5 Å². The maximum atomic E-state index is 11.5. The molecule has 0 aliphatic heterocycles. The van der Waals surface area contributed by atoms with Crippen LogP contribution < -0.4 is 0 Å². The highest BCUT2D eigenvalue weighted by molar-refractivity contribution is 7.86. The van der Waals surface area contributed by atoms with Crippen LogP contribution in [0.2, 0.25) is 0 Å². The standard InChI is InChI=1S/C10H9NO3S/c1-14-15(12,13)10-9-5-3-2-4-8(9)6-7-11-10/h2-7H,1H3. The molecule has 1 heterocycles. The van der Waals surface area contributed by atoms with Crippen molar-refractivity contribution in [1.82, 2.24) is 4.98 Å². The minimum absolute atomic E-state index is 0.0388. The molecule has 0 spiro atoms. The van der Waals surface area contributed by atoms with Crippen LogP contribution in [0.4, 0.5) is 0 Å². The first kappa shape index (κ1) is 10.1. The van der Waals surface area contributed by atoms with Crippen molar-refractivity contribution >= 4 is 20.9 Å². The molecule has 0 N–H and O–H groups in total. The Morgan fingerprint density at radius 2 is 1.93 bits per heavy atom. The largest absolute Gasteiger partial charge is 0.314 e. The number of hydrogen-bond acceptors (Lipinski definition) is 4. The predicted octanol–water partition coefficient (Wildman–Crippen LogP) is 1.57. The van der Waals surface area contributed by atoms with E-state index in [1.165, 1.54) is 6.20 Å². The van der Waals surface area contributed by atoms with E-state index >= 15 is 0 Å². The molecule has 0 amide bonds. The van der Waals surface area contributed by atoms with Gasteiger partial charge in [0, 0.05) is 11.6 Å². The van der Waals surface area contributed by atoms with E-state index in [1.54, 1.807) is 18.2 Å². The Balaban J connectivity index is 2.83. The first-order chi connectivity index (χ1) is 7.15. The first-order valence-corrected chi connectivity index (χ1v) is 5.70. The van der Waals surface area contributed by atoms with E-state index in [-0.39, 0.29) is 5.03 Å². The summed E-state index contributed by atoms with van der Waals surface area (Å²) < 4.78 is 27.5. The molecule has 5 heteroatoms. The van der Waals surface area contributed by atoms with Crippen molar-refractivity contribution in [3.8, 4) is 0 Å². The SMILES string of the molecule is COS(=O)(=O)c1nccc2ccccc12. The van der Waals surface area contributed by atoms with Crippen molar-refractivity contribution < 1.29 is 12.6 Å². The molecule has 0 unspecified atom stereocenters. The molecule has 0 saturated heterocycles. The number of benzene rings is 1. The highest BCUT2D eigenvalue weighted by Crippen LogP contribution is 2.21. The molecule has 1 aromatic carbocycles. The quantitative estimate of drug-likeness (QED) is 0.725. The van der Waals surface area contributed by atoms with E-state index in [0.717, 1.165) is 12.5 Å². The monoisotopic (exact) mass is 223 g/mol. The summed E-state index contributed by atoms with van der Waals surface area (Å²) in [6, 6.07) is 8.88. The molecule has 15 heavy (non-hydrogen) atoms. The van der Waals surface area contributed by atoms with Crippen LogP contribution in [0.25, 0.3) is 10.8 Å². The van der Waals surface area contributed by atoms with E-state index in [2.05, 4.69) is 9.17 Å². The molecule has 0 atom stereocenters. The van der Waals surface area contributed by atoms with Gasteiger partial charge < -0.3 is 0 Å². The van der Waals surface area contributed by atoms with Gasteiger partial charge in [-0.3, -0.25) is 4.18 Å². The van der Waals surface area contributed by atoms with Gasteiger partial charge in [-0.15, -0.1) is 0 Å². The first-order valence-electron chi connectivity index (χ1n) is 4.29. The smallest absolute Gasteiger partial charge is 0.269 e. The summed E-state index contributed by atoms with van der Waals surface area (Å²) in [6.45, 7) is 0. The molecular weight excluding hydrogens is 214 g/mol. The fraction of sp³-hybridized carbons (Fsp3) is 0.100. The van der Waals surface area contributed by atoms with Crippen LogP contribution in [0.15, 0.2) is 41.6 Å². The third kappa shape index (κ3) is 1.71. The second-order valence-electron chi connectivity index (χ2n) is 2.96. The molecule has 0 aliphatic rings. The Morgan fingerprint density at radius 3 is 2.67 bits per heavy atom. The molecular formula is C10H9NO3S. The molecule has 1 aromatic heterocycles. The maximum Gasteiger partial charge on any atom is 0.314 e. The Kier molecular flexibility index (Phi) is 2.42. The Labute approximate surface area is 87.6 Å². The van der Waals surface area contributed by atoms with Gasteiger partial charge in [0.05, 0.1) is 7.11 Å².